The lowest BCUT2D eigenvalue weighted by atomic mass is 9.86. The number of ether oxygens (including phenoxy) is 3. The fourth-order valence-electron chi connectivity index (χ4n) is 4.11. The first kappa shape index (κ1) is 18.4. The minimum Gasteiger partial charge on any atom is -0.484 e. The Bertz CT molecular complexity index is 673. The predicted octanol–water partition coefficient (Wildman–Crippen LogP) is 1.92. The van der Waals surface area contributed by atoms with Gasteiger partial charge in [0.2, 0.25) is 6.79 Å². The third-order valence-electron chi connectivity index (χ3n) is 5.93. The molecule has 1 aromatic rings. The monoisotopic (exact) mass is 375 g/mol. The van der Waals surface area contributed by atoms with E-state index in [0.717, 1.165) is 25.9 Å². The first-order chi connectivity index (χ1) is 13.1. The molecule has 0 aromatic heterocycles. The number of carbonyl (C=O) groups excluding carboxylic acids is 1. The van der Waals surface area contributed by atoms with Crippen LogP contribution in [0.25, 0.3) is 0 Å². The van der Waals surface area contributed by atoms with Crippen molar-refractivity contribution in [1.29, 1.82) is 0 Å². The van der Waals surface area contributed by atoms with E-state index >= 15 is 0 Å². The summed E-state index contributed by atoms with van der Waals surface area (Å²) < 4.78 is 16.3. The van der Waals surface area contributed by atoms with Crippen LogP contribution in [-0.2, 0) is 4.79 Å². The normalized spacial score (nSPS) is 25.2. The van der Waals surface area contributed by atoms with Crippen LogP contribution in [0.1, 0.15) is 33.1 Å². The predicted molar refractivity (Wildman–Crippen MR) is 101 cm³/mol. The molecule has 2 saturated heterocycles. The maximum atomic E-state index is 12.5. The molecule has 7 heteroatoms. The summed E-state index contributed by atoms with van der Waals surface area (Å²) in [6, 6.07) is 6.44. The number of hydrazine groups is 1. The average molecular weight is 375 g/mol. The van der Waals surface area contributed by atoms with E-state index in [9.17, 15) is 4.79 Å². The van der Waals surface area contributed by atoms with Crippen molar-refractivity contribution < 1.29 is 19.0 Å². The zero-order valence-electron chi connectivity index (χ0n) is 16.1. The topological polar surface area (TPSA) is 72.1 Å². The smallest absolute Gasteiger partial charge is 0.260 e. The summed E-state index contributed by atoms with van der Waals surface area (Å²) in [5, 5.41) is 0. The Labute approximate surface area is 160 Å². The molecule has 2 N–H and O–H groups in total. The Hall–Kier alpha value is -1.99. The molecule has 0 radical (unpaired) electrons. The van der Waals surface area contributed by atoms with Gasteiger partial charge in [-0.3, -0.25) is 15.6 Å². The van der Waals surface area contributed by atoms with Crippen molar-refractivity contribution in [3.05, 3.63) is 18.2 Å². The third kappa shape index (κ3) is 4.14. The Kier molecular flexibility index (Phi) is 5.41. The Morgan fingerprint density at radius 1 is 1.22 bits per heavy atom. The number of likely N-dealkylation sites (tertiary alicyclic amines) is 1. The minimum atomic E-state index is 0.0451. The number of piperidine rings is 1. The second-order valence-corrected chi connectivity index (χ2v) is 8.00. The second kappa shape index (κ2) is 7.94. The second-order valence-electron chi connectivity index (χ2n) is 8.00. The number of rotatable bonds is 5. The molecule has 0 spiro atoms. The molecular formula is C20H29N3O4. The molecule has 2 atom stereocenters. The number of nitrogens with one attached hydrogen (secondary N) is 2. The number of nitrogens with zero attached hydrogens (tertiary/aromatic N) is 1. The lowest BCUT2D eigenvalue weighted by molar-refractivity contribution is -0.134. The van der Waals surface area contributed by atoms with Crippen molar-refractivity contribution in [1.82, 2.24) is 15.8 Å². The quantitative estimate of drug-likeness (QED) is 0.819. The fraction of sp³-hybridized carbons (Fsp3) is 0.650. The Morgan fingerprint density at radius 3 is 2.74 bits per heavy atom. The molecule has 2 fully saturated rings. The van der Waals surface area contributed by atoms with Crippen molar-refractivity contribution in [3.63, 3.8) is 0 Å². The molecule has 4 rings (SSSR count). The summed E-state index contributed by atoms with van der Waals surface area (Å²) in [6.07, 6.45) is 3.25. The van der Waals surface area contributed by atoms with Gasteiger partial charge < -0.3 is 19.1 Å². The summed E-state index contributed by atoms with van der Waals surface area (Å²) in [6.45, 7) is 6.41. The lowest BCUT2D eigenvalue weighted by Gasteiger charge is -2.34. The molecule has 0 saturated carbocycles. The van der Waals surface area contributed by atoms with Crippen LogP contribution in [0.15, 0.2) is 18.2 Å². The molecule has 3 aliphatic heterocycles. The van der Waals surface area contributed by atoms with E-state index in [4.69, 9.17) is 14.2 Å². The van der Waals surface area contributed by atoms with Gasteiger partial charge in [0.25, 0.3) is 5.91 Å². The third-order valence-corrected chi connectivity index (χ3v) is 5.93. The van der Waals surface area contributed by atoms with Crippen molar-refractivity contribution >= 4 is 5.91 Å². The number of hydrogen-bond donors (Lipinski definition) is 2. The molecule has 27 heavy (non-hydrogen) atoms. The van der Waals surface area contributed by atoms with Gasteiger partial charge >= 0.3 is 0 Å². The van der Waals surface area contributed by atoms with Crippen LogP contribution in [-0.4, -0.2) is 49.4 Å². The summed E-state index contributed by atoms with van der Waals surface area (Å²) in [5.74, 6) is 3.31. The van der Waals surface area contributed by atoms with Gasteiger partial charge in [-0.25, -0.2) is 0 Å². The molecule has 148 valence electrons. The van der Waals surface area contributed by atoms with E-state index in [1.807, 2.05) is 4.90 Å². The first-order valence-corrected chi connectivity index (χ1v) is 9.91. The van der Waals surface area contributed by atoms with Crippen LogP contribution < -0.4 is 25.1 Å². The Morgan fingerprint density at radius 2 is 2.00 bits per heavy atom. The standard InChI is InChI=1S/C20H29N3O4/c1-13(2)16-10-17(22-21-16)14-5-7-23(8-6-14)20(24)11-25-15-3-4-18-19(9-15)27-12-26-18/h3-4,9,13-14,16-17,21-22H,5-8,10-12H2,1-2H3. The highest BCUT2D eigenvalue weighted by Gasteiger charge is 2.34. The number of fused-ring (bicyclic) bond motifs is 1. The minimum absolute atomic E-state index is 0.0451. The van der Waals surface area contributed by atoms with E-state index in [0.29, 0.717) is 41.2 Å². The van der Waals surface area contributed by atoms with Crippen LogP contribution >= 0.6 is 0 Å². The van der Waals surface area contributed by atoms with E-state index in [1.54, 1.807) is 18.2 Å². The van der Waals surface area contributed by atoms with Crippen molar-refractivity contribution in [2.24, 2.45) is 11.8 Å². The Balaban J connectivity index is 1.22. The van der Waals surface area contributed by atoms with Gasteiger partial charge in [0.1, 0.15) is 5.75 Å². The van der Waals surface area contributed by atoms with Gasteiger partial charge in [-0.2, -0.15) is 0 Å². The maximum absolute atomic E-state index is 12.5. The maximum Gasteiger partial charge on any atom is 0.260 e. The van der Waals surface area contributed by atoms with Gasteiger partial charge in [-0.1, -0.05) is 13.8 Å². The molecule has 1 amide bonds. The van der Waals surface area contributed by atoms with Crippen LogP contribution in [0.4, 0.5) is 0 Å². The summed E-state index contributed by atoms with van der Waals surface area (Å²) in [5.41, 5.74) is 6.89. The highest BCUT2D eigenvalue weighted by molar-refractivity contribution is 5.77. The highest BCUT2D eigenvalue weighted by atomic mass is 16.7. The molecule has 7 nitrogen and oxygen atoms in total. The molecule has 3 heterocycles. The molecule has 0 aliphatic carbocycles. The molecule has 0 bridgehead atoms. The molecule has 3 aliphatic rings. The van der Waals surface area contributed by atoms with Gasteiger partial charge in [-0.05, 0) is 43.2 Å². The van der Waals surface area contributed by atoms with Crippen molar-refractivity contribution in [3.8, 4) is 17.2 Å². The van der Waals surface area contributed by atoms with Crippen molar-refractivity contribution in [2.75, 3.05) is 26.5 Å². The van der Waals surface area contributed by atoms with Crippen LogP contribution in [0.3, 0.4) is 0 Å². The first-order valence-electron chi connectivity index (χ1n) is 9.91. The lowest BCUT2D eigenvalue weighted by Crippen LogP contribution is -2.46. The molecular weight excluding hydrogens is 346 g/mol. The zero-order chi connectivity index (χ0) is 18.8. The summed E-state index contributed by atoms with van der Waals surface area (Å²) in [4.78, 5) is 14.4. The number of hydrogen-bond acceptors (Lipinski definition) is 6. The molecule has 1 aromatic carbocycles. The van der Waals surface area contributed by atoms with Crippen LogP contribution in [0, 0.1) is 11.8 Å². The summed E-state index contributed by atoms with van der Waals surface area (Å²) in [7, 11) is 0. The number of amides is 1. The molecule has 2 unspecified atom stereocenters. The zero-order valence-corrected chi connectivity index (χ0v) is 16.1. The van der Waals surface area contributed by atoms with Gasteiger partial charge in [0.15, 0.2) is 18.1 Å². The highest BCUT2D eigenvalue weighted by Crippen LogP contribution is 2.35. The van der Waals surface area contributed by atoms with E-state index in [1.165, 1.54) is 6.42 Å². The van der Waals surface area contributed by atoms with Crippen LogP contribution in [0.5, 0.6) is 17.2 Å². The van der Waals surface area contributed by atoms with Gasteiger partial charge in [0.05, 0.1) is 0 Å². The number of benzene rings is 1. The number of carbonyl (C=O) groups is 1. The van der Waals surface area contributed by atoms with Crippen molar-refractivity contribution in [2.45, 2.75) is 45.2 Å². The average Bonchev–Trinajstić information content (AvgIpc) is 3.35. The fourth-order valence-corrected chi connectivity index (χ4v) is 4.11. The summed E-state index contributed by atoms with van der Waals surface area (Å²) >= 11 is 0. The largest absolute Gasteiger partial charge is 0.484 e. The SMILES string of the molecule is CC(C)C1CC(C2CCN(C(=O)COc3ccc4c(c3)OCO4)CC2)NN1. The van der Waals surface area contributed by atoms with E-state index in [-0.39, 0.29) is 19.3 Å². The van der Waals surface area contributed by atoms with Crippen LogP contribution in [0.2, 0.25) is 0 Å². The van der Waals surface area contributed by atoms with Gasteiger partial charge in [-0.15, -0.1) is 0 Å². The van der Waals surface area contributed by atoms with E-state index in [2.05, 4.69) is 24.7 Å². The van der Waals surface area contributed by atoms with Gasteiger partial charge in [0, 0.05) is 31.2 Å². The van der Waals surface area contributed by atoms with E-state index < -0.39 is 0 Å².